The minimum Gasteiger partial charge on any atom is -0.348 e. The SMILES string of the molecule is Cc1cccc(C(=O)N[C@H]2CCCN[C@H]2C)c1. The van der Waals surface area contributed by atoms with Crippen molar-refractivity contribution in [3.8, 4) is 0 Å². The van der Waals surface area contributed by atoms with E-state index in [1.165, 1.54) is 0 Å². The second-order valence-corrected chi connectivity index (χ2v) is 4.83. The van der Waals surface area contributed by atoms with Gasteiger partial charge in [0.05, 0.1) is 0 Å². The lowest BCUT2D eigenvalue weighted by Crippen LogP contribution is -2.51. The van der Waals surface area contributed by atoms with E-state index in [2.05, 4.69) is 17.6 Å². The molecule has 1 heterocycles. The van der Waals surface area contributed by atoms with Gasteiger partial charge in [-0.1, -0.05) is 17.7 Å². The zero-order chi connectivity index (χ0) is 12.3. The summed E-state index contributed by atoms with van der Waals surface area (Å²) in [5, 5.41) is 6.50. The van der Waals surface area contributed by atoms with Gasteiger partial charge in [0.2, 0.25) is 0 Å². The van der Waals surface area contributed by atoms with Crippen LogP contribution >= 0.6 is 0 Å². The van der Waals surface area contributed by atoms with Crippen molar-refractivity contribution in [2.45, 2.75) is 38.8 Å². The summed E-state index contributed by atoms with van der Waals surface area (Å²) in [6.45, 7) is 5.18. The monoisotopic (exact) mass is 232 g/mol. The summed E-state index contributed by atoms with van der Waals surface area (Å²) >= 11 is 0. The van der Waals surface area contributed by atoms with Crippen LogP contribution in [0.3, 0.4) is 0 Å². The van der Waals surface area contributed by atoms with Gasteiger partial charge in [-0.2, -0.15) is 0 Å². The van der Waals surface area contributed by atoms with Crippen LogP contribution < -0.4 is 10.6 Å². The van der Waals surface area contributed by atoms with Crippen LogP contribution in [0.5, 0.6) is 0 Å². The molecule has 1 fully saturated rings. The first-order valence-electron chi connectivity index (χ1n) is 6.28. The van der Waals surface area contributed by atoms with Crippen molar-refractivity contribution in [1.82, 2.24) is 10.6 Å². The minimum atomic E-state index is 0.0363. The molecule has 3 nitrogen and oxygen atoms in total. The molecule has 17 heavy (non-hydrogen) atoms. The van der Waals surface area contributed by atoms with E-state index in [0.717, 1.165) is 30.5 Å². The molecule has 1 saturated heterocycles. The van der Waals surface area contributed by atoms with Gasteiger partial charge < -0.3 is 10.6 Å². The lowest BCUT2D eigenvalue weighted by Gasteiger charge is -2.30. The molecule has 0 spiro atoms. The Kier molecular flexibility index (Phi) is 3.79. The van der Waals surface area contributed by atoms with Crippen molar-refractivity contribution in [3.05, 3.63) is 35.4 Å². The molecule has 0 saturated carbocycles. The summed E-state index contributed by atoms with van der Waals surface area (Å²) in [7, 11) is 0. The molecule has 0 aliphatic carbocycles. The third-order valence-corrected chi connectivity index (χ3v) is 3.36. The van der Waals surface area contributed by atoms with Crippen molar-refractivity contribution in [2.24, 2.45) is 0 Å². The van der Waals surface area contributed by atoms with Crippen LogP contribution in [0.15, 0.2) is 24.3 Å². The van der Waals surface area contributed by atoms with Gasteiger partial charge in [0.25, 0.3) is 5.91 Å². The van der Waals surface area contributed by atoms with Crippen LogP contribution in [0.4, 0.5) is 0 Å². The Morgan fingerprint density at radius 3 is 3.00 bits per heavy atom. The first kappa shape index (κ1) is 12.1. The van der Waals surface area contributed by atoms with Gasteiger partial charge >= 0.3 is 0 Å². The number of hydrogen-bond acceptors (Lipinski definition) is 2. The van der Waals surface area contributed by atoms with Crippen LogP contribution in [0, 0.1) is 6.92 Å². The molecular weight excluding hydrogens is 212 g/mol. The molecule has 1 aromatic rings. The van der Waals surface area contributed by atoms with Crippen molar-refractivity contribution in [2.75, 3.05) is 6.54 Å². The van der Waals surface area contributed by atoms with E-state index in [1.807, 2.05) is 31.2 Å². The fourth-order valence-corrected chi connectivity index (χ4v) is 2.28. The van der Waals surface area contributed by atoms with E-state index < -0.39 is 0 Å². The zero-order valence-electron chi connectivity index (χ0n) is 10.5. The van der Waals surface area contributed by atoms with E-state index in [1.54, 1.807) is 0 Å². The van der Waals surface area contributed by atoms with Crippen LogP contribution in [0.1, 0.15) is 35.7 Å². The summed E-state index contributed by atoms with van der Waals surface area (Å²) in [6, 6.07) is 8.32. The predicted molar refractivity (Wildman–Crippen MR) is 69.1 cm³/mol. The van der Waals surface area contributed by atoms with Crippen LogP contribution in [-0.4, -0.2) is 24.5 Å². The molecule has 0 radical (unpaired) electrons. The zero-order valence-corrected chi connectivity index (χ0v) is 10.5. The molecule has 1 aliphatic heterocycles. The van der Waals surface area contributed by atoms with Gasteiger partial charge in [-0.25, -0.2) is 0 Å². The fraction of sp³-hybridized carbons (Fsp3) is 0.500. The summed E-state index contributed by atoms with van der Waals surface area (Å²) in [5.74, 6) is 0.0363. The number of piperidine rings is 1. The molecular formula is C14H20N2O. The standard InChI is InChI=1S/C14H20N2O/c1-10-5-3-6-12(9-10)14(17)16-13-7-4-8-15-11(13)2/h3,5-6,9,11,13,15H,4,7-8H2,1-2H3,(H,16,17)/t11-,13-/m0/s1. The molecule has 3 heteroatoms. The van der Waals surface area contributed by atoms with E-state index in [9.17, 15) is 4.79 Å². The highest BCUT2D eigenvalue weighted by molar-refractivity contribution is 5.94. The van der Waals surface area contributed by atoms with E-state index in [0.29, 0.717) is 6.04 Å². The normalized spacial score (nSPS) is 24.4. The Morgan fingerprint density at radius 2 is 2.29 bits per heavy atom. The molecule has 2 rings (SSSR count). The van der Waals surface area contributed by atoms with Crippen molar-refractivity contribution >= 4 is 5.91 Å². The lowest BCUT2D eigenvalue weighted by atomic mass is 9.99. The van der Waals surface area contributed by atoms with Crippen molar-refractivity contribution in [1.29, 1.82) is 0 Å². The number of carbonyl (C=O) groups excluding carboxylic acids is 1. The summed E-state index contributed by atoms with van der Waals surface area (Å²) in [4.78, 5) is 12.1. The van der Waals surface area contributed by atoms with Gasteiger partial charge in [0.15, 0.2) is 0 Å². The topological polar surface area (TPSA) is 41.1 Å². The third kappa shape index (κ3) is 3.07. The maximum atomic E-state index is 12.1. The highest BCUT2D eigenvalue weighted by Gasteiger charge is 2.22. The van der Waals surface area contributed by atoms with Gasteiger partial charge in [-0.15, -0.1) is 0 Å². The Bertz CT molecular complexity index is 403. The quantitative estimate of drug-likeness (QED) is 0.817. The number of benzene rings is 1. The van der Waals surface area contributed by atoms with Crippen molar-refractivity contribution < 1.29 is 4.79 Å². The third-order valence-electron chi connectivity index (χ3n) is 3.36. The highest BCUT2D eigenvalue weighted by atomic mass is 16.1. The first-order valence-corrected chi connectivity index (χ1v) is 6.28. The maximum absolute atomic E-state index is 12.1. The Morgan fingerprint density at radius 1 is 1.47 bits per heavy atom. The average molecular weight is 232 g/mol. The van der Waals surface area contributed by atoms with Crippen LogP contribution in [-0.2, 0) is 0 Å². The molecule has 1 aliphatic rings. The number of carbonyl (C=O) groups is 1. The predicted octanol–water partition coefficient (Wildman–Crippen LogP) is 1.87. The highest BCUT2D eigenvalue weighted by Crippen LogP contribution is 2.10. The smallest absolute Gasteiger partial charge is 0.251 e. The van der Waals surface area contributed by atoms with Gasteiger partial charge in [0.1, 0.15) is 0 Å². The average Bonchev–Trinajstić information content (AvgIpc) is 2.32. The van der Waals surface area contributed by atoms with E-state index >= 15 is 0 Å². The lowest BCUT2D eigenvalue weighted by molar-refractivity contribution is 0.0920. The minimum absolute atomic E-state index is 0.0363. The van der Waals surface area contributed by atoms with Crippen molar-refractivity contribution in [3.63, 3.8) is 0 Å². The first-order chi connectivity index (χ1) is 8.16. The molecule has 2 N–H and O–H groups in total. The number of nitrogens with one attached hydrogen (secondary N) is 2. The second kappa shape index (κ2) is 5.32. The molecule has 0 bridgehead atoms. The molecule has 1 aromatic carbocycles. The molecule has 0 unspecified atom stereocenters. The second-order valence-electron chi connectivity index (χ2n) is 4.83. The fourth-order valence-electron chi connectivity index (χ4n) is 2.28. The summed E-state index contributed by atoms with van der Waals surface area (Å²) < 4.78 is 0. The van der Waals surface area contributed by atoms with Gasteiger partial charge in [0, 0.05) is 17.6 Å². The molecule has 1 amide bonds. The maximum Gasteiger partial charge on any atom is 0.251 e. The number of amides is 1. The summed E-state index contributed by atoms with van der Waals surface area (Å²) in [6.07, 6.45) is 2.19. The van der Waals surface area contributed by atoms with Gasteiger partial charge in [-0.3, -0.25) is 4.79 Å². The molecule has 0 aromatic heterocycles. The van der Waals surface area contributed by atoms with Crippen LogP contribution in [0.25, 0.3) is 0 Å². The Balaban J connectivity index is 2.01. The van der Waals surface area contributed by atoms with Crippen LogP contribution in [0.2, 0.25) is 0 Å². The molecule has 2 atom stereocenters. The van der Waals surface area contributed by atoms with E-state index in [4.69, 9.17) is 0 Å². The summed E-state index contributed by atoms with van der Waals surface area (Å²) in [5.41, 5.74) is 1.87. The molecule has 92 valence electrons. The number of rotatable bonds is 2. The Labute approximate surface area is 103 Å². The number of aryl methyl sites for hydroxylation is 1. The number of hydrogen-bond donors (Lipinski definition) is 2. The largest absolute Gasteiger partial charge is 0.348 e. The van der Waals surface area contributed by atoms with E-state index in [-0.39, 0.29) is 11.9 Å². The van der Waals surface area contributed by atoms with Gasteiger partial charge in [-0.05, 0) is 45.4 Å². The Hall–Kier alpha value is -1.35.